The van der Waals surface area contributed by atoms with Crippen LogP contribution in [0.25, 0.3) is 0 Å². The van der Waals surface area contributed by atoms with E-state index >= 15 is 0 Å². The molecule has 0 spiro atoms. The van der Waals surface area contributed by atoms with Crippen molar-refractivity contribution in [3.05, 3.63) is 0 Å². The second kappa shape index (κ2) is 0.927. The van der Waals surface area contributed by atoms with E-state index < -0.39 is 10.4 Å². The summed E-state index contributed by atoms with van der Waals surface area (Å²) in [6, 6.07) is 0. The topological polar surface area (TPSA) is 52.6 Å². The standard InChI is InChI=1S/CH2O4S/c2-6(3)4-1-5-6/h1H2. The third-order valence-electron chi connectivity index (χ3n) is 0.385. The fourth-order valence-electron chi connectivity index (χ4n) is 0.127. The predicted octanol–water partition coefficient (Wildman–Crippen LogP) is -0.764. The molecule has 0 aromatic carbocycles. The van der Waals surface area contributed by atoms with Crippen molar-refractivity contribution >= 4 is 10.4 Å². The van der Waals surface area contributed by atoms with Gasteiger partial charge < -0.3 is 0 Å². The molecule has 0 bridgehead atoms. The molecule has 1 saturated heterocycles. The van der Waals surface area contributed by atoms with E-state index in [1.807, 2.05) is 0 Å². The highest BCUT2D eigenvalue weighted by Gasteiger charge is 2.21. The van der Waals surface area contributed by atoms with Crippen LogP contribution in [0.2, 0.25) is 0 Å². The zero-order valence-electron chi connectivity index (χ0n) is 2.75. The molecule has 1 rings (SSSR count). The molecule has 0 aromatic heterocycles. The van der Waals surface area contributed by atoms with E-state index in [2.05, 4.69) is 8.37 Å². The Bertz CT molecular complexity index is 122. The molecule has 0 radical (unpaired) electrons. The Hall–Kier alpha value is -0.130. The summed E-state index contributed by atoms with van der Waals surface area (Å²) in [5.41, 5.74) is 0. The normalized spacial score (nSPS) is 28.7. The highest BCUT2D eigenvalue weighted by molar-refractivity contribution is 7.82. The predicted molar refractivity (Wildman–Crippen MR) is 16.0 cm³/mol. The maximum absolute atomic E-state index is 9.64. The summed E-state index contributed by atoms with van der Waals surface area (Å²) in [5, 5.41) is 0. The molecule has 0 aliphatic carbocycles. The van der Waals surface area contributed by atoms with Crippen molar-refractivity contribution in [3.63, 3.8) is 0 Å². The molecule has 0 aromatic rings. The first-order valence-electron chi connectivity index (χ1n) is 1.24. The van der Waals surface area contributed by atoms with Crippen LogP contribution in [-0.2, 0) is 18.8 Å². The van der Waals surface area contributed by atoms with Crippen molar-refractivity contribution in [3.8, 4) is 0 Å². The van der Waals surface area contributed by atoms with E-state index in [4.69, 9.17) is 0 Å². The lowest BCUT2D eigenvalue weighted by Gasteiger charge is -2.10. The second-order valence-corrected chi connectivity index (χ2v) is 2.05. The molecular weight excluding hydrogens is 108 g/mol. The maximum atomic E-state index is 9.64. The minimum Gasteiger partial charge on any atom is -0.218 e. The van der Waals surface area contributed by atoms with Gasteiger partial charge in [0.2, 0.25) is 0 Å². The van der Waals surface area contributed by atoms with Crippen LogP contribution in [0.4, 0.5) is 0 Å². The van der Waals surface area contributed by atoms with Gasteiger partial charge in [0.1, 0.15) is 0 Å². The van der Waals surface area contributed by atoms with Crippen LogP contribution in [0.15, 0.2) is 0 Å². The number of rotatable bonds is 0. The van der Waals surface area contributed by atoms with Crippen LogP contribution in [-0.4, -0.2) is 15.2 Å². The Morgan fingerprint density at radius 3 is 1.67 bits per heavy atom. The van der Waals surface area contributed by atoms with Crippen molar-refractivity contribution in [2.45, 2.75) is 0 Å². The van der Waals surface area contributed by atoms with Gasteiger partial charge in [0.15, 0.2) is 6.79 Å². The summed E-state index contributed by atoms with van der Waals surface area (Å²) in [7, 11) is -3.48. The van der Waals surface area contributed by atoms with Gasteiger partial charge in [-0.15, -0.1) is 0 Å². The summed E-state index contributed by atoms with van der Waals surface area (Å²) in [4.78, 5) is 0. The van der Waals surface area contributed by atoms with Gasteiger partial charge in [-0.05, 0) is 0 Å². The van der Waals surface area contributed by atoms with E-state index in [0.717, 1.165) is 0 Å². The summed E-state index contributed by atoms with van der Waals surface area (Å²) in [5.74, 6) is 0. The largest absolute Gasteiger partial charge is 0.404 e. The van der Waals surface area contributed by atoms with Gasteiger partial charge in [-0.3, -0.25) is 0 Å². The van der Waals surface area contributed by atoms with Crippen molar-refractivity contribution in [1.29, 1.82) is 0 Å². The Morgan fingerprint density at radius 2 is 1.67 bits per heavy atom. The van der Waals surface area contributed by atoms with Crippen LogP contribution < -0.4 is 0 Å². The van der Waals surface area contributed by atoms with Gasteiger partial charge in [0, 0.05) is 0 Å². The highest BCUT2D eigenvalue weighted by atomic mass is 32.3. The van der Waals surface area contributed by atoms with Crippen LogP contribution in [0.1, 0.15) is 0 Å². The first-order valence-corrected chi connectivity index (χ1v) is 2.58. The van der Waals surface area contributed by atoms with Gasteiger partial charge in [0.25, 0.3) is 0 Å². The van der Waals surface area contributed by atoms with Crippen molar-refractivity contribution < 1.29 is 16.8 Å². The van der Waals surface area contributed by atoms with E-state index in [9.17, 15) is 8.42 Å². The maximum Gasteiger partial charge on any atom is 0.404 e. The fourth-order valence-corrected chi connectivity index (χ4v) is 0.380. The molecular formula is CH2O4S. The first-order chi connectivity index (χ1) is 2.71. The SMILES string of the molecule is O=S1(=O)OCO1. The van der Waals surface area contributed by atoms with Gasteiger partial charge in [-0.1, -0.05) is 0 Å². The molecule has 4 nitrogen and oxygen atoms in total. The zero-order chi connectivity index (χ0) is 4.62. The Kier molecular flexibility index (Phi) is 0.624. The summed E-state index contributed by atoms with van der Waals surface area (Å²) >= 11 is 0. The van der Waals surface area contributed by atoms with E-state index in [1.165, 1.54) is 0 Å². The molecule has 0 saturated carbocycles. The van der Waals surface area contributed by atoms with Gasteiger partial charge in [-0.2, -0.15) is 8.42 Å². The molecule has 0 atom stereocenters. The highest BCUT2D eigenvalue weighted by Crippen LogP contribution is 2.05. The molecule has 1 fully saturated rings. The average molecular weight is 110 g/mol. The quantitative estimate of drug-likeness (QED) is 0.411. The van der Waals surface area contributed by atoms with Gasteiger partial charge in [0.05, 0.1) is 0 Å². The van der Waals surface area contributed by atoms with E-state index in [-0.39, 0.29) is 6.79 Å². The molecule has 36 valence electrons. The molecule has 1 aliphatic rings. The van der Waals surface area contributed by atoms with Gasteiger partial charge >= 0.3 is 10.4 Å². The Labute approximate surface area is 35.0 Å². The lowest BCUT2D eigenvalue weighted by atomic mass is 11.6. The fraction of sp³-hybridized carbons (Fsp3) is 1.00. The minimum absolute atomic E-state index is 0.123. The zero-order valence-corrected chi connectivity index (χ0v) is 3.56. The van der Waals surface area contributed by atoms with Crippen LogP contribution in [0.3, 0.4) is 0 Å². The third kappa shape index (κ3) is 0.515. The Morgan fingerprint density at radius 1 is 1.33 bits per heavy atom. The lowest BCUT2D eigenvalue weighted by Crippen LogP contribution is -2.23. The molecule has 0 amide bonds. The van der Waals surface area contributed by atoms with Gasteiger partial charge in [-0.25, -0.2) is 8.37 Å². The van der Waals surface area contributed by atoms with E-state index in [1.54, 1.807) is 0 Å². The Balaban J connectivity index is 2.78. The second-order valence-electron chi connectivity index (χ2n) is 0.762. The third-order valence-corrected chi connectivity index (χ3v) is 1.15. The molecule has 0 N–H and O–H groups in total. The average Bonchev–Trinajstić information content (AvgIpc) is 1.32. The number of hydrogen-bond acceptors (Lipinski definition) is 4. The first kappa shape index (κ1) is 4.04. The van der Waals surface area contributed by atoms with Crippen LogP contribution in [0.5, 0.6) is 0 Å². The molecule has 6 heavy (non-hydrogen) atoms. The van der Waals surface area contributed by atoms with Crippen molar-refractivity contribution in [2.24, 2.45) is 0 Å². The van der Waals surface area contributed by atoms with Crippen LogP contribution >= 0.6 is 0 Å². The summed E-state index contributed by atoms with van der Waals surface area (Å²) in [6.07, 6.45) is 0. The summed E-state index contributed by atoms with van der Waals surface area (Å²) < 4.78 is 27.0. The lowest BCUT2D eigenvalue weighted by molar-refractivity contribution is 0.0224. The minimum atomic E-state index is -3.48. The van der Waals surface area contributed by atoms with Crippen molar-refractivity contribution in [2.75, 3.05) is 6.79 Å². The molecule has 1 aliphatic heterocycles. The molecule has 0 unspecified atom stereocenters. The molecule has 5 heteroatoms. The molecule has 1 heterocycles. The smallest absolute Gasteiger partial charge is 0.218 e. The van der Waals surface area contributed by atoms with Crippen molar-refractivity contribution in [1.82, 2.24) is 0 Å². The van der Waals surface area contributed by atoms with E-state index in [0.29, 0.717) is 0 Å². The number of hydrogen-bond donors (Lipinski definition) is 0. The van der Waals surface area contributed by atoms with Crippen LogP contribution in [0, 0.1) is 0 Å². The monoisotopic (exact) mass is 110 g/mol. The summed E-state index contributed by atoms with van der Waals surface area (Å²) in [6.45, 7) is -0.123.